The Morgan fingerprint density at radius 3 is 2.11 bits per heavy atom. The second-order valence-corrected chi connectivity index (χ2v) is 9.53. The predicted octanol–water partition coefficient (Wildman–Crippen LogP) is 8.76. The minimum atomic E-state index is 0.712. The van der Waals surface area contributed by atoms with Crippen LogP contribution in [0.1, 0.15) is 107 Å². The lowest BCUT2D eigenvalue weighted by atomic mass is 9.68. The van der Waals surface area contributed by atoms with E-state index in [9.17, 15) is 4.39 Å². The summed E-state index contributed by atoms with van der Waals surface area (Å²) in [6.45, 7) is 2.28. The van der Waals surface area contributed by atoms with Crippen molar-refractivity contribution in [1.29, 1.82) is 0 Å². The number of benzene rings is 1. The van der Waals surface area contributed by atoms with Crippen molar-refractivity contribution in [3.8, 4) is 0 Å². The van der Waals surface area contributed by atoms with E-state index in [1.807, 2.05) is 0 Å². The van der Waals surface area contributed by atoms with Crippen LogP contribution in [-0.2, 0) is 6.42 Å². The first-order valence-corrected chi connectivity index (χ1v) is 12.1. The topological polar surface area (TPSA) is 0 Å². The number of hydrogen-bond acceptors (Lipinski definition) is 0. The SMILES string of the molecule is CCCCCc1ccc([C@H]2CC[C@H]([C@H]3CC[C@H](CC/C=C/F)CC3)CC2)cc1. The molecule has 0 heterocycles. The summed E-state index contributed by atoms with van der Waals surface area (Å²) in [5, 5.41) is 0. The van der Waals surface area contributed by atoms with Gasteiger partial charge in [-0.2, -0.15) is 0 Å². The van der Waals surface area contributed by atoms with Crippen molar-refractivity contribution < 1.29 is 4.39 Å². The average molecular weight is 385 g/mol. The summed E-state index contributed by atoms with van der Waals surface area (Å²) >= 11 is 0. The van der Waals surface area contributed by atoms with Gasteiger partial charge in [0.2, 0.25) is 0 Å². The maximum absolute atomic E-state index is 12.1. The molecule has 1 aromatic rings. The second-order valence-electron chi connectivity index (χ2n) is 9.53. The third-order valence-electron chi connectivity index (χ3n) is 7.68. The maximum atomic E-state index is 12.1. The minimum absolute atomic E-state index is 0.712. The minimum Gasteiger partial charge on any atom is -0.216 e. The predicted molar refractivity (Wildman–Crippen MR) is 119 cm³/mol. The van der Waals surface area contributed by atoms with Crippen molar-refractivity contribution >= 4 is 0 Å². The van der Waals surface area contributed by atoms with Gasteiger partial charge in [0, 0.05) is 0 Å². The molecule has 0 bridgehead atoms. The van der Waals surface area contributed by atoms with E-state index in [0.29, 0.717) is 6.33 Å². The van der Waals surface area contributed by atoms with Crippen LogP contribution in [0.4, 0.5) is 4.39 Å². The van der Waals surface area contributed by atoms with Crippen LogP contribution >= 0.6 is 0 Å². The highest BCUT2D eigenvalue weighted by atomic mass is 19.1. The van der Waals surface area contributed by atoms with Crippen LogP contribution in [0.3, 0.4) is 0 Å². The first-order valence-electron chi connectivity index (χ1n) is 12.1. The molecule has 0 spiro atoms. The Balaban J connectivity index is 1.39. The summed E-state index contributed by atoms with van der Waals surface area (Å²) in [6, 6.07) is 9.61. The summed E-state index contributed by atoms with van der Waals surface area (Å²) in [5.74, 6) is 3.58. The molecule has 2 fully saturated rings. The van der Waals surface area contributed by atoms with E-state index in [1.54, 1.807) is 11.6 Å². The molecule has 0 saturated heterocycles. The van der Waals surface area contributed by atoms with Crippen molar-refractivity contribution in [3.63, 3.8) is 0 Å². The van der Waals surface area contributed by atoms with Crippen molar-refractivity contribution in [2.24, 2.45) is 17.8 Å². The van der Waals surface area contributed by atoms with E-state index in [1.165, 1.54) is 89.0 Å². The number of rotatable bonds is 9. The Bertz CT molecular complexity index is 556. The number of allylic oxidation sites excluding steroid dienone is 1. The van der Waals surface area contributed by atoms with E-state index < -0.39 is 0 Å². The van der Waals surface area contributed by atoms with Gasteiger partial charge in [0.1, 0.15) is 0 Å². The maximum Gasteiger partial charge on any atom is 0.0827 e. The van der Waals surface area contributed by atoms with Gasteiger partial charge < -0.3 is 0 Å². The van der Waals surface area contributed by atoms with E-state index in [0.717, 1.165) is 30.1 Å². The van der Waals surface area contributed by atoms with Crippen molar-refractivity contribution in [1.82, 2.24) is 0 Å². The van der Waals surface area contributed by atoms with Gasteiger partial charge in [-0.3, -0.25) is 0 Å². The fourth-order valence-electron chi connectivity index (χ4n) is 5.80. The standard InChI is InChI=1S/C27H41F/c1-2-3-4-7-22-9-13-24(14-10-22)26-17-19-27(20-18-26)25-15-11-23(12-16-25)8-5-6-21-28/h6,9-10,13-14,21,23,25-27H,2-5,7-8,11-12,15-20H2,1H3/b21-6+/t23-,25-,26-,27-. The molecule has 0 N–H and O–H groups in total. The molecule has 0 aromatic heterocycles. The fraction of sp³-hybridized carbons (Fsp3) is 0.704. The monoisotopic (exact) mass is 384 g/mol. The zero-order valence-electron chi connectivity index (χ0n) is 18.1. The quantitative estimate of drug-likeness (QED) is 0.373. The normalized spacial score (nSPS) is 28.6. The number of aryl methyl sites for hydroxylation is 1. The highest BCUT2D eigenvalue weighted by molar-refractivity contribution is 5.26. The molecule has 156 valence electrons. The summed E-state index contributed by atoms with van der Waals surface area (Å²) in [4.78, 5) is 0. The lowest BCUT2D eigenvalue weighted by molar-refractivity contribution is 0.157. The molecule has 3 rings (SSSR count). The summed E-state index contributed by atoms with van der Waals surface area (Å²) < 4.78 is 12.1. The average Bonchev–Trinajstić information content (AvgIpc) is 2.75. The van der Waals surface area contributed by atoms with E-state index in [2.05, 4.69) is 31.2 Å². The Labute approximate surface area is 173 Å². The lowest BCUT2D eigenvalue weighted by Crippen LogP contribution is -2.25. The molecule has 0 amide bonds. The molecular formula is C27H41F. The molecular weight excluding hydrogens is 343 g/mol. The molecule has 1 aromatic carbocycles. The van der Waals surface area contributed by atoms with Crippen LogP contribution in [0.2, 0.25) is 0 Å². The lowest BCUT2D eigenvalue weighted by Gasteiger charge is -2.38. The summed E-state index contributed by atoms with van der Waals surface area (Å²) in [7, 11) is 0. The molecule has 2 saturated carbocycles. The zero-order valence-corrected chi connectivity index (χ0v) is 18.1. The molecule has 1 heteroatoms. The van der Waals surface area contributed by atoms with Gasteiger partial charge in [-0.15, -0.1) is 0 Å². The van der Waals surface area contributed by atoms with E-state index >= 15 is 0 Å². The summed E-state index contributed by atoms with van der Waals surface area (Å²) in [6.07, 6.45) is 21.0. The van der Waals surface area contributed by atoms with Crippen molar-refractivity contribution in [2.75, 3.05) is 0 Å². The Kier molecular flexibility index (Phi) is 9.09. The number of halogens is 1. The number of hydrogen-bond donors (Lipinski definition) is 0. The smallest absolute Gasteiger partial charge is 0.0827 e. The van der Waals surface area contributed by atoms with Gasteiger partial charge >= 0.3 is 0 Å². The van der Waals surface area contributed by atoms with Crippen LogP contribution in [0.25, 0.3) is 0 Å². The Hall–Kier alpha value is -1.11. The Morgan fingerprint density at radius 1 is 0.857 bits per heavy atom. The van der Waals surface area contributed by atoms with Gasteiger partial charge in [-0.25, -0.2) is 4.39 Å². The second kappa shape index (κ2) is 11.8. The molecule has 2 aliphatic rings. The largest absolute Gasteiger partial charge is 0.216 e. The van der Waals surface area contributed by atoms with Crippen LogP contribution < -0.4 is 0 Å². The third kappa shape index (κ3) is 6.46. The highest BCUT2D eigenvalue weighted by Gasteiger charge is 2.31. The van der Waals surface area contributed by atoms with E-state index in [4.69, 9.17) is 0 Å². The van der Waals surface area contributed by atoms with Crippen molar-refractivity contribution in [2.45, 2.75) is 103 Å². The van der Waals surface area contributed by atoms with Gasteiger partial charge in [0.25, 0.3) is 0 Å². The molecule has 2 aliphatic carbocycles. The van der Waals surface area contributed by atoms with Gasteiger partial charge in [0.05, 0.1) is 6.33 Å². The highest BCUT2D eigenvalue weighted by Crippen LogP contribution is 2.44. The van der Waals surface area contributed by atoms with E-state index in [-0.39, 0.29) is 0 Å². The van der Waals surface area contributed by atoms with Gasteiger partial charge in [0.15, 0.2) is 0 Å². The van der Waals surface area contributed by atoms with Crippen LogP contribution in [0.5, 0.6) is 0 Å². The van der Waals surface area contributed by atoms with Crippen LogP contribution in [0.15, 0.2) is 36.7 Å². The molecule has 0 atom stereocenters. The molecule has 0 nitrogen and oxygen atoms in total. The first-order chi connectivity index (χ1) is 13.8. The molecule has 0 aliphatic heterocycles. The molecule has 0 radical (unpaired) electrons. The van der Waals surface area contributed by atoms with Gasteiger partial charge in [-0.1, -0.05) is 62.9 Å². The van der Waals surface area contributed by atoms with Crippen LogP contribution in [-0.4, -0.2) is 0 Å². The Morgan fingerprint density at radius 2 is 1.50 bits per heavy atom. The fourth-order valence-corrected chi connectivity index (χ4v) is 5.80. The summed E-state index contributed by atoms with van der Waals surface area (Å²) in [5.41, 5.74) is 3.10. The van der Waals surface area contributed by atoms with Crippen LogP contribution in [0, 0.1) is 17.8 Å². The van der Waals surface area contributed by atoms with Crippen molar-refractivity contribution in [3.05, 3.63) is 47.8 Å². The molecule has 0 unspecified atom stereocenters. The zero-order chi connectivity index (χ0) is 19.6. The van der Waals surface area contributed by atoms with Gasteiger partial charge in [-0.05, 0) is 99.0 Å². The molecule has 28 heavy (non-hydrogen) atoms. The first kappa shape index (κ1) is 21.6. The third-order valence-corrected chi connectivity index (χ3v) is 7.68. The number of unbranched alkanes of at least 4 members (excludes halogenated alkanes) is 2.